The molecule has 0 saturated carbocycles. The number of amides is 1. The molecule has 1 aromatic heterocycles. The van der Waals surface area contributed by atoms with Crippen LogP contribution in [0.25, 0.3) is 0 Å². The molecular formula is C15H23N3O2. The molecule has 1 aromatic rings. The normalized spacial score (nSPS) is 20.8. The number of nitrogens with two attached hydrogens (primary N) is 1. The van der Waals surface area contributed by atoms with Gasteiger partial charge in [-0.3, -0.25) is 14.2 Å². The van der Waals surface area contributed by atoms with E-state index in [1.807, 2.05) is 11.8 Å². The summed E-state index contributed by atoms with van der Waals surface area (Å²) in [4.78, 5) is 26.7. The van der Waals surface area contributed by atoms with Crippen LogP contribution < -0.4 is 11.3 Å². The van der Waals surface area contributed by atoms with Crippen molar-refractivity contribution in [1.29, 1.82) is 0 Å². The highest BCUT2D eigenvalue weighted by Crippen LogP contribution is 2.21. The summed E-state index contributed by atoms with van der Waals surface area (Å²) in [6.45, 7) is 6.45. The Morgan fingerprint density at radius 1 is 1.40 bits per heavy atom. The zero-order chi connectivity index (χ0) is 14.9. The summed E-state index contributed by atoms with van der Waals surface area (Å²) >= 11 is 0. The van der Waals surface area contributed by atoms with Gasteiger partial charge in [0, 0.05) is 18.3 Å². The van der Waals surface area contributed by atoms with Gasteiger partial charge in [0.2, 0.25) is 5.91 Å². The van der Waals surface area contributed by atoms with Gasteiger partial charge in [0.05, 0.1) is 5.69 Å². The van der Waals surface area contributed by atoms with Crippen molar-refractivity contribution in [2.24, 2.45) is 0 Å². The lowest BCUT2D eigenvalue weighted by Gasteiger charge is -2.35. The first-order valence-corrected chi connectivity index (χ1v) is 7.21. The molecule has 5 heteroatoms. The van der Waals surface area contributed by atoms with Crippen molar-refractivity contribution in [1.82, 2.24) is 9.47 Å². The highest BCUT2D eigenvalue weighted by molar-refractivity contribution is 5.80. The largest absolute Gasteiger partial charge is 0.394 e. The first-order valence-electron chi connectivity index (χ1n) is 7.21. The maximum Gasteiger partial charge on any atom is 0.274 e. The number of aromatic nitrogens is 1. The molecule has 5 nitrogen and oxygen atoms in total. The maximum atomic E-state index is 12.7. The number of pyridine rings is 1. The van der Waals surface area contributed by atoms with Gasteiger partial charge in [-0.25, -0.2) is 0 Å². The lowest BCUT2D eigenvalue weighted by Crippen LogP contribution is -2.46. The minimum absolute atomic E-state index is 0.00741. The molecule has 2 rings (SSSR count). The van der Waals surface area contributed by atoms with E-state index in [-0.39, 0.29) is 23.2 Å². The van der Waals surface area contributed by atoms with E-state index in [0.717, 1.165) is 31.5 Å². The summed E-state index contributed by atoms with van der Waals surface area (Å²) in [6.07, 6.45) is 3.23. The van der Waals surface area contributed by atoms with Crippen molar-refractivity contribution in [3.8, 4) is 0 Å². The zero-order valence-electron chi connectivity index (χ0n) is 12.4. The van der Waals surface area contributed by atoms with E-state index < -0.39 is 6.04 Å². The van der Waals surface area contributed by atoms with Crippen LogP contribution in [0.4, 0.5) is 5.69 Å². The van der Waals surface area contributed by atoms with E-state index in [2.05, 4.69) is 6.92 Å². The summed E-state index contributed by atoms with van der Waals surface area (Å²) < 4.78 is 1.50. The highest BCUT2D eigenvalue weighted by Gasteiger charge is 2.28. The molecule has 0 radical (unpaired) electrons. The SMILES string of the molecule is Cc1ccc(N)c(=O)n1[C@H](C)C(=O)N1CCCC[C@H]1C. The standard InChI is InChI=1S/C15H23N3O2/c1-10-6-4-5-9-17(10)14(19)12(3)18-11(2)7-8-13(16)15(18)20/h7-8,10,12H,4-6,9,16H2,1-3H3/t10-,12-/m1/s1. The second-order valence-electron chi connectivity index (χ2n) is 5.66. The van der Waals surface area contributed by atoms with E-state index in [9.17, 15) is 9.59 Å². The third-order valence-electron chi connectivity index (χ3n) is 4.18. The first kappa shape index (κ1) is 14.6. The third-order valence-corrected chi connectivity index (χ3v) is 4.18. The number of rotatable bonds is 2. The summed E-state index contributed by atoms with van der Waals surface area (Å²) in [7, 11) is 0. The van der Waals surface area contributed by atoms with E-state index in [0.29, 0.717) is 0 Å². The minimum atomic E-state index is -0.508. The fourth-order valence-electron chi connectivity index (χ4n) is 2.92. The molecule has 0 spiro atoms. The minimum Gasteiger partial charge on any atom is -0.394 e. The van der Waals surface area contributed by atoms with Crippen LogP contribution in [0.15, 0.2) is 16.9 Å². The number of hydrogen-bond donors (Lipinski definition) is 1. The van der Waals surface area contributed by atoms with Crippen LogP contribution >= 0.6 is 0 Å². The molecule has 1 aliphatic rings. The zero-order valence-corrected chi connectivity index (χ0v) is 12.4. The molecule has 1 amide bonds. The molecule has 20 heavy (non-hydrogen) atoms. The Kier molecular flexibility index (Phi) is 4.16. The van der Waals surface area contributed by atoms with Crippen LogP contribution in [0.5, 0.6) is 0 Å². The summed E-state index contributed by atoms with van der Waals surface area (Å²) in [6, 6.07) is 3.11. The number of hydrogen-bond acceptors (Lipinski definition) is 3. The average molecular weight is 277 g/mol. The highest BCUT2D eigenvalue weighted by atomic mass is 16.2. The lowest BCUT2D eigenvalue weighted by atomic mass is 10.0. The van der Waals surface area contributed by atoms with Crippen molar-refractivity contribution >= 4 is 11.6 Å². The van der Waals surface area contributed by atoms with Crippen molar-refractivity contribution in [2.45, 2.75) is 52.1 Å². The second-order valence-corrected chi connectivity index (χ2v) is 5.66. The molecule has 0 unspecified atom stereocenters. The smallest absolute Gasteiger partial charge is 0.274 e. The summed E-state index contributed by atoms with van der Waals surface area (Å²) in [5.41, 5.74) is 6.33. The van der Waals surface area contributed by atoms with Crippen LogP contribution in [-0.4, -0.2) is 28.0 Å². The maximum absolute atomic E-state index is 12.7. The van der Waals surface area contributed by atoms with Crippen molar-refractivity contribution in [3.63, 3.8) is 0 Å². The quantitative estimate of drug-likeness (QED) is 0.894. The molecule has 0 bridgehead atoms. The van der Waals surface area contributed by atoms with Crippen LogP contribution in [0.3, 0.4) is 0 Å². The number of carbonyl (C=O) groups is 1. The molecule has 1 fully saturated rings. The van der Waals surface area contributed by atoms with Gasteiger partial charge in [-0.15, -0.1) is 0 Å². The van der Waals surface area contributed by atoms with Crippen LogP contribution in [0, 0.1) is 6.92 Å². The van der Waals surface area contributed by atoms with Crippen molar-refractivity contribution in [3.05, 3.63) is 28.2 Å². The van der Waals surface area contributed by atoms with Gasteiger partial charge in [0.25, 0.3) is 5.56 Å². The van der Waals surface area contributed by atoms with Gasteiger partial charge in [0.1, 0.15) is 6.04 Å². The van der Waals surface area contributed by atoms with Gasteiger partial charge in [-0.05, 0) is 52.2 Å². The molecule has 1 aliphatic heterocycles. The topological polar surface area (TPSA) is 68.3 Å². The molecule has 110 valence electrons. The first-order chi connectivity index (χ1) is 9.43. The van der Waals surface area contributed by atoms with Gasteiger partial charge in [-0.1, -0.05) is 0 Å². The second kappa shape index (κ2) is 5.69. The van der Waals surface area contributed by atoms with E-state index in [1.54, 1.807) is 19.1 Å². The molecule has 0 aromatic carbocycles. The average Bonchev–Trinajstić information content (AvgIpc) is 2.43. The Balaban J connectivity index is 2.31. The fraction of sp³-hybridized carbons (Fsp3) is 0.600. The Bertz CT molecular complexity index is 565. The van der Waals surface area contributed by atoms with Crippen molar-refractivity contribution in [2.75, 3.05) is 12.3 Å². The van der Waals surface area contributed by atoms with Crippen LogP contribution in [0.1, 0.15) is 44.8 Å². The molecular weight excluding hydrogens is 254 g/mol. The van der Waals surface area contributed by atoms with Gasteiger partial charge in [-0.2, -0.15) is 0 Å². The third kappa shape index (κ3) is 2.57. The van der Waals surface area contributed by atoms with Crippen LogP contribution in [0.2, 0.25) is 0 Å². The summed E-state index contributed by atoms with van der Waals surface area (Å²) in [5.74, 6) is 0.00741. The number of nitrogen functional groups attached to an aromatic ring is 1. The van der Waals surface area contributed by atoms with E-state index in [4.69, 9.17) is 5.73 Å². The lowest BCUT2D eigenvalue weighted by molar-refractivity contribution is -0.137. The number of piperidine rings is 1. The molecule has 1 saturated heterocycles. The predicted octanol–water partition coefficient (Wildman–Crippen LogP) is 1.70. The number of aryl methyl sites for hydroxylation is 1. The van der Waals surface area contributed by atoms with Crippen molar-refractivity contribution < 1.29 is 4.79 Å². The summed E-state index contributed by atoms with van der Waals surface area (Å²) in [5, 5.41) is 0. The fourth-order valence-corrected chi connectivity index (χ4v) is 2.92. The Morgan fingerprint density at radius 2 is 2.10 bits per heavy atom. The number of likely N-dealkylation sites (tertiary alicyclic amines) is 1. The Labute approximate surface area is 119 Å². The Morgan fingerprint density at radius 3 is 2.75 bits per heavy atom. The number of nitrogens with zero attached hydrogens (tertiary/aromatic N) is 2. The molecule has 2 atom stereocenters. The van der Waals surface area contributed by atoms with E-state index >= 15 is 0 Å². The predicted molar refractivity (Wildman–Crippen MR) is 79.6 cm³/mol. The Hall–Kier alpha value is -1.78. The van der Waals surface area contributed by atoms with Gasteiger partial charge >= 0.3 is 0 Å². The molecule has 0 aliphatic carbocycles. The molecule has 2 heterocycles. The van der Waals surface area contributed by atoms with E-state index in [1.165, 1.54) is 4.57 Å². The van der Waals surface area contributed by atoms with Gasteiger partial charge < -0.3 is 10.6 Å². The number of carbonyl (C=O) groups excluding carboxylic acids is 1. The monoisotopic (exact) mass is 277 g/mol. The van der Waals surface area contributed by atoms with Crippen LogP contribution in [-0.2, 0) is 4.79 Å². The molecule has 2 N–H and O–H groups in total. The van der Waals surface area contributed by atoms with Gasteiger partial charge in [0.15, 0.2) is 0 Å². The number of anilines is 1.